The lowest BCUT2D eigenvalue weighted by molar-refractivity contribution is 0.0936. The molecular weight excluding hydrogens is 258 g/mol. The molecule has 0 saturated heterocycles. The topological polar surface area (TPSA) is 29.1 Å². The van der Waals surface area contributed by atoms with Crippen LogP contribution in [-0.2, 0) is 12.8 Å². The van der Waals surface area contributed by atoms with Gasteiger partial charge in [-0.1, -0.05) is 19.9 Å². The molecule has 0 radical (unpaired) electrons. The Morgan fingerprint density at radius 1 is 1.32 bits per heavy atom. The summed E-state index contributed by atoms with van der Waals surface area (Å²) in [5.74, 6) is 0.652. The molecule has 0 atom stereocenters. The van der Waals surface area contributed by atoms with E-state index in [0.717, 1.165) is 24.8 Å². The van der Waals surface area contributed by atoms with E-state index < -0.39 is 0 Å². The quantitative estimate of drug-likeness (QED) is 0.821. The van der Waals surface area contributed by atoms with E-state index >= 15 is 0 Å². The Hall–Kier alpha value is -1.02. The summed E-state index contributed by atoms with van der Waals surface area (Å²) in [6.07, 6.45) is 4.37. The lowest BCUT2D eigenvalue weighted by atomic mass is 9.90. The Morgan fingerprint density at radius 2 is 2.05 bits per heavy atom. The van der Waals surface area contributed by atoms with Gasteiger partial charge in [0.25, 0.3) is 5.91 Å². The first-order valence-electron chi connectivity index (χ1n) is 6.98. The van der Waals surface area contributed by atoms with Crippen LogP contribution in [0, 0.1) is 5.41 Å². The van der Waals surface area contributed by atoms with Gasteiger partial charge >= 0.3 is 0 Å². The number of rotatable bonds is 5. The molecule has 0 aliphatic heterocycles. The molecule has 2 nitrogen and oxygen atoms in total. The number of alkyl halides is 1. The van der Waals surface area contributed by atoms with Crippen LogP contribution in [0.1, 0.15) is 48.2 Å². The number of aryl methyl sites for hydroxylation is 2. The highest BCUT2D eigenvalue weighted by atomic mass is 35.5. The van der Waals surface area contributed by atoms with Gasteiger partial charge in [0.05, 0.1) is 0 Å². The Balaban J connectivity index is 1.97. The molecule has 3 heteroatoms. The number of carbonyl (C=O) groups is 1. The maximum Gasteiger partial charge on any atom is 0.251 e. The van der Waals surface area contributed by atoms with Gasteiger partial charge < -0.3 is 5.32 Å². The third-order valence-corrected chi connectivity index (χ3v) is 4.05. The number of fused-ring (bicyclic) bond motifs is 1. The van der Waals surface area contributed by atoms with Crippen LogP contribution in [0.15, 0.2) is 18.2 Å². The second-order valence-corrected chi connectivity index (χ2v) is 6.50. The van der Waals surface area contributed by atoms with Gasteiger partial charge in [-0.25, -0.2) is 0 Å². The van der Waals surface area contributed by atoms with Gasteiger partial charge in [-0.2, -0.15) is 0 Å². The van der Waals surface area contributed by atoms with Crippen molar-refractivity contribution < 1.29 is 4.79 Å². The monoisotopic (exact) mass is 279 g/mol. The van der Waals surface area contributed by atoms with E-state index in [4.69, 9.17) is 11.6 Å². The molecule has 1 N–H and O–H groups in total. The van der Waals surface area contributed by atoms with Gasteiger partial charge in [0.2, 0.25) is 0 Å². The first-order valence-corrected chi connectivity index (χ1v) is 7.51. The van der Waals surface area contributed by atoms with Gasteiger partial charge in [0.1, 0.15) is 0 Å². The van der Waals surface area contributed by atoms with Crippen molar-refractivity contribution in [2.45, 2.75) is 39.5 Å². The number of carbonyl (C=O) groups excluding carboxylic acids is 1. The van der Waals surface area contributed by atoms with Gasteiger partial charge in [0.15, 0.2) is 0 Å². The summed E-state index contributed by atoms with van der Waals surface area (Å²) in [6, 6.07) is 6.08. The SMILES string of the molecule is CC(C)(CCCl)CNC(=O)c1ccc2c(c1)CCC2. The summed E-state index contributed by atoms with van der Waals surface area (Å²) in [5.41, 5.74) is 3.57. The average Bonchev–Trinajstić information content (AvgIpc) is 2.83. The van der Waals surface area contributed by atoms with E-state index in [-0.39, 0.29) is 11.3 Å². The minimum atomic E-state index is 0.0253. The number of benzene rings is 1. The van der Waals surface area contributed by atoms with E-state index in [0.29, 0.717) is 12.4 Å². The molecule has 0 aromatic heterocycles. The molecular formula is C16H22ClNO. The molecule has 0 bridgehead atoms. The molecule has 1 amide bonds. The second-order valence-electron chi connectivity index (χ2n) is 6.12. The van der Waals surface area contributed by atoms with Crippen LogP contribution in [0.25, 0.3) is 0 Å². The van der Waals surface area contributed by atoms with Gasteiger partial charge in [0, 0.05) is 18.0 Å². The van der Waals surface area contributed by atoms with Gasteiger partial charge in [-0.05, 0) is 54.4 Å². The van der Waals surface area contributed by atoms with Crippen molar-refractivity contribution in [1.29, 1.82) is 0 Å². The zero-order valence-corrected chi connectivity index (χ0v) is 12.5. The zero-order valence-electron chi connectivity index (χ0n) is 11.8. The molecule has 1 aliphatic carbocycles. The van der Waals surface area contributed by atoms with Crippen molar-refractivity contribution in [2.75, 3.05) is 12.4 Å². The fourth-order valence-electron chi connectivity index (χ4n) is 2.48. The maximum atomic E-state index is 12.2. The van der Waals surface area contributed by atoms with Crippen LogP contribution in [0.5, 0.6) is 0 Å². The maximum absolute atomic E-state index is 12.2. The molecule has 0 heterocycles. The van der Waals surface area contributed by atoms with E-state index in [1.54, 1.807) is 0 Å². The average molecular weight is 280 g/mol. The van der Waals surface area contributed by atoms with E-state index in [9.17, 15) is 4.79 Å². The highest BCUT2D eigenvalue weighted by Crippen LogP contribution is 2.23. The molecule has 1 aromatic carbocycles. The van der Waals surface area contributed by atoms with Crippen molar-refractivity contribution in [3.63, 3.8) is 0 Å². The predicted octanol–water partition coefficient (Wildman–Crippen LogP) is 3.56. The predicted molar refractivity (Wildman–Crippen MR) is 79.9 cm³/mol. The molecule has 0 fully saturated rings. The normalized spacial score (nSPS) is 14.3. The minimum Gasteiger partial charge on any atom is -0.352 e. The van der Waals surface area contributed by atoms with E-state index in [1.165, 1.54) is 17.5 Å². The number of halogens is 1. The van der Waals surface area contributed by atoms with Crippen LogP contribution >= 0.6 is 11.6 Å². The van der Waals surface area contributed by atoms with Crippen molar-refractivity contribution in [1.82, 2.24) is 5.32 Å². The first-order chi connectivity index (χ1) is 9.02. The lowest BCUT2D eigenvalue weighted by Gasteiger charge is -2.23. The fourth-order valence-corrected chi connectivity index (χ4v) is 2.99. The Labute approximate surface area is 120 Å². The molecule has 19 heavy (non-hydrogen) atoms. The van der Waals surface area contributed by atoms with Crippen molar-refractivity contribution in [2.24, 2.45) is 5.41 Å². The molecule has 0 unspecified atom stereocenters. The summed E-state index contributed by atoms with van der Waals surface area (Å²) in [6.45, 7) is 4.91. The van der Waals surface area contributed by atoms with Crippen LogP contribution in [-0.4, -0.2) is 18.3 Å². The summed E-state index contributed by atoms with van der Waals surface area (Å²) < 4.78 is 0. The molecule has 2 rings (SSSR count). The third kappa shape index (κ3) is 3.73. The number of nitrogens with one attached hydrogen (secondary N) is 1. The zero-order chi connectivity index (χ0) is 13.9. The van der Waals surface area contributed by atoms with Gasteiger partial charge in [-0.3, -0.25) is 4.79 Å². The summed E-state index contributed by atoms with van der Waals surface area (Å²) in [7, 11) is 0. The number of hydrogen-bond acceptors (Lipinski definition) is 1. The molecule has 0 saturated carbocycles. The van der Waals surface area contributed by atoms with E-state index in [2.05, 4.69) is 25.2 Å². The minimum absolute atomic E-state index is 0.0253. The Morgan fingerprint density at radius 3 is 2.79 bits per heavy atom. The van der Waals surface area contributed by atoms with Gasteiger partial charge in [-0.15, -0.1) is 11.6 Å². The van der Waals surface area contributed by atoms with E-state index in [1.807, 2.05) is 12.1 Å². The second kappa shape index (κ2) is 5.96. The van der Waals surface area contributed by atoms with Crippen LogP contribution < -0.4 is 5.32 Å². The summed E-state index contributed by atoms with van der Waals surface area (Å²) in [5, 5.41) is 3.02. The van der Waals surface area contributed by atoms with Crippen LogP contribution in [0.4, 0.5) is 0 Å². The number of amides is 1. The van der Waals surface area contributed by atoms with Crippen LogP contribution in [0.3, 0.4) is 0 Å². The first kappa shape index (κ1) is 14.4. The van der Waals surface area contributed by atoms with Crippen molar-refractivity contribution in [3.05, 3.63) is 34.9 Å². The highest BCUT2D eigenvalue weighted by Gasteiger charge is 2.19. The standard InChI is InChI=1S/C16H22ClNO/c1-16(2,8-9-17)11-18-15(19)14-7-6-12-4-3-5-13(12)10-14/h6-7,10H,3-5,8-9,11H2,1-2H3,(H,18,19). The van der Waals surface area contributed by atoms with Crippen molar-refractivity contribution >= 4 is 17.5 Å². The largest absolute Gasteiger partial charge is 0.352 e. The molecule has 1 aliphatic rings. The highest BCUT2D eigenvalue weighted by molar-refractivity contribution is 6.17. The van der Waals surface area contributed by atoms with Crippen LogP contribution in [0.2, 0.25) is 0 Å². The summed E-state index contributed by atoms with van der Waals surface area (Å²) >= 11 is 5.77. The molecule has 1 aromatic rings. The Kier molecular flexibility index (Phi) is 4.51. The number of hydrogen-bond donors (Lipinski definition) is 1. The Bertz CT molecular complexity index is 468. The summed E-state index contributed by atoms with van der Waals surface area (Å²) in [4.78, 5) is 12.2. The van der Waals surface area contributed by atoms with Crippen molar-refractivity contribution in [3.8, 4) is 0 Å². The molecule has 104 valence electrons. The fraction of sp³-hybridized carbons (Fsp3) is 0.562. The third-order valence-electron chi connectivity index (χ3n) is 3.86. The lowest BCUT2D eigenvalue weighted by Crippen LogP contribution is -2.34. The molecule has 0 spiro atoms. The smallest absolute Gasteiger partial charge is 0.251 e.